The van der Waals surface area contributed by atoms with E-state index in [0.29, 0.717) is 12.5 Å². The summed E-state index contributed by atoms with van der Waals surface area (Å²) in [6, 6.07) is -0.439. The molecule has 0 radical (unpaired) electrons. The lowest BCUT2D eigenvalue weighted by Gasteiger charge is -2.07. The lowest BCUT2D eigenvalue weighted by Crippen LogP contribution is -2.39. The zero-order chi connectivity index (χ0) is 9.56. The molecule has 0 unspecified atom stereocenters. The van der Waals surface area contributed by atoms with Gasteiger partial charge in [-0.25, -0.2) is 4.79 Å². The minimum absolute atomic E-state index is 0.343. The third-order valence-corrected chi connectivity index (χ3v) is 1.07. The molecule has 0 atom stereocenters. The third-order valence-electron chi connectivity index (χ3n) is 1.07. The van der Waals surface area contributed by atoms with Crippen molar-refractivity contribution in [2.24, 2.45) is 5.92 Å². The molecule has 0 bridgehead atoms. The van der Waals surface area contributed by atoms with Crippen LogP contribution in [0.1, 0.15) is 13.8 Å². The van der Waals surface area contributed by atoms with Gasteiger partial charge in [0.1, 0.15) is 6.54 Å². The number of carboxylic acids is 1. The molecule has 0 aromatic heterocycles. The van der Waals surface area contributed by atoms with Crippen molar-refractivity contribution in [1.82, 2.24) is 10.6 Å². The second-order valence-corrected chi connectivity index (χ2v) is 2.85. The van der Waals surface area contributed by atoms with Crippen molar-refractivity contribution in [3.05, 3.63) is 0 Å². The van der Waals surface area contributed by atoms with Gasteiger partial charge in [-0.05, 0) is 5.92 Å². The molecule has 0 fully saturated rings. The van der Waals surface area contributed by atoms with Crippen molar-refractivity contribution in [3.8, 4) is 0 Å². The van der Waals surface area contributed by atoms with Gasteiger partial charge in [0.15, 0.2) is 0 Å². The number of carbonyl (C=O) groups is 2. The molecule has 3 N–H and O–H groups in total. The molecule has 2 amide bonds. The molecule has 12 heavy (non-hydrogen) atoms. The van der Waals surface area contributed by atoms with Crippen LogP contribution >= 0.6 is 0 Å². The first-order valence-electron chi connectivity index (χ1n) is 3.76. The van der Waals surface area contributed by atoms with Gasteiger partial charge < -0.3 is 15.7 Å². The Balaban J connectivity index is 3.40. The Hall–Kier alpha value is -1.26. The second-order valence-electron chi connectivity index (χ2n) is 2.85. The summed E-state index contributed by atoms with van der Waals surface area (Å²) in [6.45, 7) is 4.12. The van der Waals surface area contributed by atoms with Crippen LogP contribution in [0.4, 0.5) is 4.79 Å². The standard InChI is InChI=1S/C7H14N2O3/c1-5(2)3-8-7(12)9-4-6(10)11/h5H,3-4H2,1-2H3,(H,10,11)(H2,8,9,12). The maximum atomic E-state index is 10.8. The highest BCUT2D eigenvalue weighted by molar-refractivity contribution is 5.79. The number of nitrogens with one attached hydrogen (secondary N) is 2. The van der Waals surface area contributed by atoms with E-state index in [1.807, 2.05) is 13.8 Å². The fourth-order valence-corrected chi connectivity index (χ4v) is 0.515. The monoisotopic (exact) mass is 174 g/mol. The fraction of sp³-hybridized carbons (Fsp3) is 0.714. The molecule has 5 heteroatoms. The van der Waals surface area contributed by atoms with Gasteiger partial charge in [0, 0.05) is 6.54 Å². The molecule has 5 nitrogen and oxygen atoms in total. The van der Waals surface area contributed by atoms with Gasteiger partial charge in [-0.3, -0.25) is 4.79 Å². The zero-order valence-corrected chi connectivity index (χ0v) is 7.26. The van der Waals surface area contributed by atoms with Gasteiger partial charge in [0.05, 0.1) is 0 Å². The van der Waals surface area contributed by atoms with Gasteiger partial charge in [-0.1, -0.05) is 13.8 Å². The number of carboxylic acid groups (broad SMARTS) is 1. The normalized spacial score (nSPS) is 9.58. The largest absolute Gasteiger partial charge is 0.480 e. The van der Waals surface area contributed by atoms with E-state index in [-0.39, 0.29) is 6.54 Å². The Morgan fingerprint density at radius 3 is 2.33 bits per heavy atom. The molecular weight excluding hydrogens is 160 g/mol. The minimum atomic E-state index is -1.05. The summed E-state index contributed by atoms with van der Waals surface area (Å²) in [7, 11) is 0. The van der Waals surface area contributed by atoms with E-state index >= 15 is 0 Å². The summed E-state index contributed by atoms with van der Waals surface area (Å²) in [6.07, 6.45) is 0. The highest BCUT2D eigenvalue weighted by atomic mass is 16.4. The van der Waals surface area contributed by atoms with E-state index in [2.05, 4.69) is 10.6 Å². The van der Waals surface area contributed by atoms with Gasteiger partial charge in [0.25, 0.3) is 0 Å². The van der Waals surface area contributed by atoms with E-state index in [1.54, 1.807) is 0 Å². The Bertz CT molecular complexity index is 168. The quantitative estimate of drug-likeness (QED) is 0.562. The van der Waals surface area contributed by atoms with Crippen molar-refractivity contribution in [2.75, 3.05) is 13.1 Å². The molecule has 0 spiro atoms. The predicted molar refractivity (Wildman–Crippen MR) is 43.9 cm³/mol. The average molecular weight is 174 g/mol. The molecule has 0 aromatic rings. The third kappa shape index (κ3) is 6.85. The number of aliphatic carboxylic acids is 1. The van der Waals surface area contributed by atoms with E-state index in [1.165, 1.54) is 0 Å². The topological polar surface area (TPSA) is 78.4 Å². The maximum absolute atomic E-state index is 10.8. The Morgan fingerprint density at radius 1 is 1.33 bits per heavy atom. The number of urea groups is 1. The number of carbonyl (C=O) groups excluding carboxylic acids is 1. The summed E-state index contributed by atoms with van der Waals surface area (Å²) >= 11 is 0. The van der Waals surface area contributed by atoms with Crippen LogP contribution in [0.25, 0.3) is 0 Å². The van der Waals surface area contributed by atoms with Crippen LogP contribution in [-0.2, 0) is 4.79 Å². The summed E-state index contributed by atoms with van der Waals surface area (Å²) in [5.41, 5.74) is 0. The molecular formula is C7H14N2O3. The van der Waals surface area contributed by atoms with E-state index in [4.69, 9.17) is 5.11 Å². The van der Waals surface area contributed by atoms with Crippen LogP contribution < -0.4 is 10.6 Å². The lowest BCUT2D eigenvalue weighted by molar-refractivity contribution is -0.135. The predicted octanol–water partition coefficient (Wildman–Crippen LogP) is 0.0262. The molecule has 0 rings (SSSR count). The van der Waals surface area contributed by atoms with Gasteiger partial charge in [-0.2, -0.15) is 0 Å². The van der Waals surface area contributed by atoms with Gasteiger partial charge >= 0.3 is 12.0 Å². The molecule has 0 heterocycles. The fourth-order valence-electron chi connectivity index (χ4n) is 0.515. The van der Waals surface area contributed by atoms with Gasteiger partial charge in [0.2, 0.25) is 0 Å². The summed E-state index contributed by atoms with van der Waals surface area (Å²) < 4.78 is 0. The first kappa shape index (κ1) is 10.7. The van der Waals surface area contributed by atoms with Crippen molar-refractivity contribution in [2.45, 2.75) is 13.8 Å². The first-order valence-corrected chi connectivity index (χ1v) is 3.76. The Morgan fingerprint density at radius 2 is 1.92 bits per heavy atom. The zero-order valence-electron chi connectivity index (χ0n) is 7.26. The maximum Gasteiger partial charge on any atom is 0.323 e. The number of hydrogen-bond donors (Lipinski definition) is 3. The summed E-state index contributed by atoms with van der Waals surface area (Å²) in [4.78, 5) is 20.8. The number of rotatable bonds is 4. The van der Waals surface area contributed by atoms with Crippen LogP contribution in [0.5, 0.6) is 0 Å². The summed E-state index contributed by atoms with van der Waals surface area (Å²) in [5.74, 6) is -0.685. The molecule has 0 aliphatic carbocycles. The minimum Gasteiger partial charge on any atom is -0.480 e. The molecule has 0 saturated carbocycles. The highest BCUT2D eigenvalue weighted by Crippen LogP contribution is 1.85. The molecule has 0 aliphatic heterocycles. The van der Waals surface area contributed by atoms with Crippen molar-refractivity contribution in [1.29, 1.82) is 0 Å². The highest BCUT2D eigenvalue weighted by Gasteiger charge is 2.02. The van der Waals surface area contributed by atoms with E-state index < -0.39 is 12.0 Å². The lowest BCUT2D eigenvalue weighted by atomic mass is 10.2. The molecule has 0 saturated heterocycles. The average Bonchev–Trinajstić information content (AvgIpc) is 1.96. The SMILES string of the molecule is CC(C)CNC(=O)NCC(=O)O. The van der Waals surface area contributed by atoms with E-state index in [9.17, 15) is 9.59 Å². The van der Waals surface area contributed by atoms with Crippen molar-refractivity contribution < 1.29 is 14.7 Å². The molecule has 0 aliphatic rings. The molecule has 70 valence electrons. The van der Waals surface area contributed by atoms with Crippen molar-refractivity contribution >= 4 is 12.0 Å². The van der Waals surface area contributed by atoms with E-state index in [0.717, 1.165) is 0 Å². The van der Waals surface area contributed by atoms with Crippen LogP contribution in [0.2, 0.25) is 0 Å². The van der Waals surface area contributed by atoms with Crippen LogP contribution in [0, 0.1) is 5.92 Å². The molecule has 0 aromatic carbocycles. The Labute approximate surface area is 71.1 Å². The smallest absolute Gasteiger partial charge is 0.323 e. The van der Waals surface area contributed by atoms with Gasteiger partial charge in [-0.15, -0.1) is 0 Å². The second kappa shape index (κ2) is 5.40. The van der Waals surface area contributed by atoms with Crippen molar-refractivity contribution in [3.63, 3.8) is 0 Å². The van der Waals surface area contributed by atoms with Crippen LogP contribution in [0.3, 0.4) is 0 Å². The van der Waals surface area contributed by atoms with Crippen LogP contribution in [0.15, 0.2) is 0 Å². The van der Waals surface area contributed by atoms with Crippen LogP contribution in [-0.4, -0.2) is 30.2 Å². The first-order chi connectivity index (χ1) is 5.52. The summed E-state index contributed by atoms with van der Waals surface area (Å²) in [5, 5.41) is 12.9. The number of amides is 2. The number of hydrogen-bond acceptors (Lipinski definition) is 2. The Kier molecular flexibility index (Phi) is 4.83.